The molecule has 2 aromatic carbocycles. The minimum atomic E-state index is 0.0350. The highest BCUT2D eigenvalue weighted by Gasteiger charge is 2.14. The van der Waals surface area contributed by atoms with E-state index in [4.69, 9.17) is 23.2 Å². The molecule has 0 aliphatic heterocycles. The van der Waals surface area contributed by atoms with Crippen molar-refractivity contribution < 1.29 is 5.11 Å². The van der Waals surface area contributed by atoms with Crippen molar-refractivity contribution in [1.82, 2.24) is 0 Å². The summed E-state index contributed by atoms with van der Waals surface area (Å²) in [6.45, 7) is 0.0862. The van der Waals surface area contributed by atoms with Gasteiger partial charge in [0.05, 0.1) is 16.7 Å². The number of rotatable bonds is 4. The molecule has 0 aliphatic carbocycles. The molecule has 0 bridgehead atoms. The van der Waals surface area contributed by atoms with Crippen LogP contribution in [0.3, 0.4) is 0 Å². The van der Waals surface area contributed by atoms with E-state index in [1.807, 2.05) is 36.4 Å². The Bertz CT molecular complexity index is 572. The first kappa shape index (κ1) is 14.9. The normalized spacial score (nSPS) is 12.4. The molecule has 4 heteroatoms. The predicted octanol–water partition coefficient (Wildman–Crippen LogP) is 5.07. The third-order valence-electron chi connectivity index (χ3n) is 3.03. The van der Waals surface area contributed by atoms with Crippen LogP contribution < -0.4 is 0 Å². The highest BCUT2D eigenvalue weighted by Crippen LogP contribution is 2.29. The topological polar surface area (TPSA) is 20.2 Å². The van der Waals surface area contributed by atoms with Gasteiger partial charge in [0.25, 0.3) is 0 Å². The summed E-state index contributed by atoms with van der Waals surface area (Å²) in [5.74, 6) is 0.0350. The summed E-state index contributed by atoms with van der Waals surface area (Å²) in [7, 11) is 0. The van der Waals surface area contributed by atoms with Gasteiger partial charge in [-0.25, -0.2) is 0 Å². The van der Waals surface area contributed by atoms with Gasteiger partial charge >= 0.3 is 0 Å². The Morgan fingerprint density at radius 1 is 1.05 bits per heavy atom. The van der Waals surface area contributed by atoms with Gasteiger partial charge in [0.1, 0.15) is 0 Å². The molecule has 1 N–H and O–H groups in total. The lowest BCUT2D eigenvalue weighted by Crippen LogP contribution is -2.08. The fourth-order valence-electron chi connectivity index (χ4n) is 2.03. The second kappa shape index (κ2) is 6.76. The molecule has 1 unspecified atom stereocenters. The zero-order valence-electron chi connectivity index (χ0n) is 10.1. The van der Waals surface area contributed by atoms with E-state index >= 15 is 0 Å². The second-order valence-corrected chi connectivity index (χ2v) is 6.02. The van der Waals surface area contributed by atoms with Gasteiger partial charge in [-0.15, -0.1) is 0 Å². The maximum atomic E-state index is 9.61. The van der Waals surface area contributed by atoms with Gasteiger partial charge in [0.15, 0.2) is 0 Å². The third-order valence-corrected chi connectivity index (χ3v) is 4.49. The Balaban J connectivity index is 2.24. The Morgan fingerprint density at radius 3 is 2.42 bits per heavy atom. The van der Waals surface area contributed by atoms with E-state index in [9.17, 15) is 5.11 Å². The van der Waals surface area contributed by atoms with Gasteiger partial charge in [-0.3, -0.25) is 0 Å². The molecular formula is C15H13BrCl2O. The fourth-order valence-corrected chi connectivity index (χ4v) is 2.96. The molecule has 0 aromatic heterocycles. The lowest BCUT2D eigenvalue weighted by molar-refractivity contribution is 0.264. The second-order valence-electron chi connectivity index (χ2n) is 4.35. The Kier molecular flexibility index (Phi) is 5.28. The van der Waals surface area contributed by atoms with Crippen LogP contribution in [0.4, 0.5) is 0 Å². The van der Waals surface area contributed by atoms with Crippen molar-refractivity contribution in [3.63, 3.8) is 0 Å². The predicted molar refractivity (Wildman–Crippen MR) is 84.1 cm³/mol. The average molecular weight is 360 g/mol. The first-order valence-electron chi connectivity index (χ1n) is 5.91. The monoisotopic (exact) mass is 358 g/mol. The molecular weight excluding hydrogens is 347 g/mol. The largest absolute Gasteiger partial charge is 0.396 e. The van der Waals surface area contributed by atoms with Crippen molar-refractivity contribution in [2.45, 2.75) is 12.3 Å². The number of aliphatic hydroxyl groups is 1. The standard InChI is InChI=1S/C15H13BrCl2O/c16-13-4-2-1-3-12(13)11(9-19)7-10-5-6-14(17)15(18)8-10/h1-6,8,11,19H,7,9H2. The van der Waals surface area contributed by atoms with Crippen molar-refractivity contribution >= 4 is 39.1 Å². The molecule has 0 aliphatic rings. The maximum Gasteiger partial charge on any atom is 0.0595 e. The third kappa shape index (κ3) is 3.73. The molecule has 0 saturated heterocycles. The van der Waals surface area contributed by atoms with Crippen LogP contribution in [0.2, 0.25) is 10.0 Å². The summed E-state index contributed by atoms with van der Waals surface area (Å²) in [6, 6.07) is 13.5. The minimum absolute atomic E-state index is 0.0350. The molecule has 2 rings (SSSR count). The molecule has 0 saturated carbocycles. The molecule has 0 fully saturated rings. The zero-order valence-corrected chi connectivity index (χ0v) is 13.2. The van der Waals surface area contributed by atoms with Gasteiger partial charge < -0.3 is 5.11 Å². The van der Waals surface area contributed by atoms with Crippen LogP contribution in [0.5, 0.6) is 0 Å². The summed E-state index contributed by atoms with van der Waals surface area (Å²) in [6.07, 6.45) is 0.718. The van der Waals surface area contributed by atoms with E-state index in [-0.39, 0.29) is 12.5 Å². The van der Waals surface area contributed by atoms with E-state index < -0.39 is 0 Å². The van der Waals surface area contributed by atoms with Crippen LogP contribution in [0.25, 0.3) is 0 Å². The molecule has 0 radical (unpaired) electrons. The Labute approximate surface area is 131 Å². The number of aliphatic hydroxyl groups excluding tert-OH is 1. The van der Waals surface area contributed by atoms with E-state index in [0.29, 0.717) is 10.0 Å². The average Bonchev–Trinajstić information content (AvgIpc) is 2.41. The van der Waals surface area contributed by atoms with E-state index in [2.05, 4.69) is 15.9 Å². The molecule has 19 heavy (non-hydrogen) atoms. The molecule has 0 spiro atoms. The summed E-state index contributed by atoms with van der Waals surface area (Å²) in [4.78, 5) is 0. The van der Waals surface area contributed by atoms with Crippen LogP contribution in [0.15, 0.2) is 46.9 Å². The summed E-state index contributed by atoms with van der Waals surface area (Å²) in [5.41, 5.74) is 2.15. The molecule has 100 valence electrons. The van der Waals surface area contributed by atoms with E-state index in [1.165, 1.54) is 0 Å². The van der Waals surface area contributed by atoms with Gasteiger partial charge in [-0.05, 0) is 35.7 Å². The number of benzene rings is 2. The van der Waals surface area contributed by atoms with Gasteiger partial charge in [-0.1, -0.05) is 63.4 Å². The first-order valence-corrected chi connectivity index (χ1v) is 7.46. The molecule has 0 heterocycles. The number of hydrogen-bond donors (Lipinski definition) is 1. The number of hydrogen-bond acceptors (Lipinski definition) is 1. The SMILES string of the molecule is OCC(Cc1ccc(Cl)c(Cl)c1)c1ccccc1Br. The number of halogens is 3. The highest BCUT2D eigenvalue weighted by molar-refractivity contribution is 9.10. The van der Waals surface area contributed by atoms with E-state index in [1.54, 1.807) is 6.07 Å². The highest BCUT2D eigenvalue weighted by atomic mass is 79.9. The summed E-state index contributed by atoms with van der Waals surface area (Å²) >= 11 is 15.4. The van der Waals surface area contributed by atoms with Crippen molar-refractivity contribution in [1.29, 1.82) is 0 Å². The Hall–Kier alpha value is -0.540. The van der Waals surface area contributed by atoms with Crippen molar-refractivity contribution in [3.05, 3.63) is 68.1 Å². The lowest BCUT2D eigenvalue weighted by Gasteiger charge is -2.16. The van der Waals surface area contributed by atoms with Crippen molar-refractivity contribution in [2.24, 2.45) is 0 Å². The van der Waals surface area contributed by atoms with Crippen LogP contribution >= 0.6 is 39.1 Å². The molecule has 2 aromatic rings. The molecule has 0 amide bonds. The minimum Gasteiger partial charge on any atom is -0.396 e. The van der Waals surface area contributed by atoms with Crippen LogP contribution in [-0.4, -0.2) is 11.7 Å². The van der Waals surface area contributed by atoms with Gasteiger partial charge in [0, 0.05) is 10.4 Å². The van der Waals surface area contributed by atoms with Gasteiger partial charge in [-0.2, -0.15) is 0 Å². The van der Waals surface area contributed by atoms with Gasteiger partial charge in [0.2, 0.25) is 0 Å². The maximum absolute atomic E-state index is 9.61. The summed E-state index contributed by atoms with van der Waals surface area (Å²) < 4.78 is 1.01. The quantitative estimate of drug-likeness (QED) is 0.807. The van der Waals surface area contributed by atoms with Crippen molar-refractivity contribution in [3.8, 4) is 0 Å². The molecule has 1 nitrogen and oxygen atoms in total. The summed E-state index contributed by atoms with van der Waals surface area (Å²) in [5, 5.41) is 10.7. The van der Waals surface area contributed by atoms with Crippen LogP contribution in [-0.2, 0) is 6.42 Å². The Morgan fingerprint density at radius 2 is 1.79 bits per heavy atom. The van der Waals surface area contributed by atoms with E-state index in [0.717, 1.165) is 22.0 Å². The lowest BCUT2D eigenvalue weighted by atomic mass is 9.93. The van der Waals surface area contributed by atoms with Crippen molar-refractivity contribution in [2.75, 3.05) is 6.61 Å². The van der Waals surface area contributed by atoms with Crippen LogP contribution in [0, 0.1) is 0 Å². The molecule has 1 atom stereocenters. The van der Waals surface area contributed by atoms with Crippen LogP contribution in [0.1, 0.15) is 17.0 Å². The smallest absolute Gasteiger partial charge is 0.0595 e. The zero-order chi connectivity index (χ0) is 13.8. The fraction of sp³-hybridized carbons (Fsp3) is 0.200. The first-order chi connectivity index (χ1) is 9.11.